The lowest BCUT2D eigenvalue weighted by Gasteiger charge is -2.17. The summed E-state index contributed by atoms with van der Waals surface area (Å²) in [6, 6.07) is 8.22. The third-order valence-electron chi connectivity index (χ3n) is 3.96. The molecule has 0 aliphatic heterocycles. The van der Waals surface area contributed by atoms with E-state index in [4.69, 9.17) is 4.74 Å². The van der Waals surface area contributed by atoms with E-state index in [0.717, 1.165) is 11.1 Å². The number of carbonyl (C=O) groups is 1. The van der Waals surface area contributed by atoms with Gasteiger partial charge in [-0.2, -0.15) is 0 Å². The Kier molecular flexibility index (Phi) is 6.05. The fourth-order valence-corrected chi connectivity index (χ4v) is 2.18. The lowest BCUT2D eigenvalue weighted by atomic mass is 10.1. The molecule has 1 aromatic carbocycles. The molecular weight excluding hydrogens is 322 g/mol. The zero-order valence-corrected chi connectivity index (χ0v) is 14.5. The summed E-state index contributed by atoms with van der Waals surface area (Å²) in [6.45, 7) is 6.06. The highest BCUT2D eigenvalue weighted by Gasteiger charge is 2.14. The van der Waals surface area contributed by atoms with Gasteiger partial charge in [0.15, 0.2) is 0 Å². The van der Waals surface area contributed by atoms with Crippen LogP contribution in [0.4, 0.5) is 11.5 Å². The summed E-state index contributed by atoms with van der Waals surface area (Å²) >= 11 is 0. The topological polar surface area (TPSA) is 94.4 Å². The number of aromatic nitrogens is 1. The van der Waals surface area contributed by atoms with Crippen LogP contribution in [0.3, 0.4) is 0 Å². The number of anilines is 1. The van der Waals surface area contributed by atoms with E-state index in [-0.39, 0.29) is 24.3 Å². The van der Waals surface area contributed by atoms with Gasteiger partial charge in [-0.05, 0) is 49.6 Å². The fraction of sp³-hybridized carbons (Fsp3) is 0.333. The Bertz CT molecular complexity index is 759. The van der Waals surface area contributed by atoms with Gasteiger partial charge < -0.3 is 10.1 Å². The van der Waals surface area contributed by atoms with Crippen LogP contribution in [0.1, 0.15) is 34.8 Å². The molecule has 0 bridgehead atoms. The van der Waals surface area contributed by atoms with Gasteiger partial charge in [-0.3, -0.25) is 10.1 Å². The van der Waals surface area contributed by atoms with Crippen molar-refractivity contribution in [2.45, 2.75) is 33.2 Å². The summed E-state index contributed by atoms with van der Waals surface area (Å²) < 4.78 is 5.37. The summed E-state index contributed by atoms with van der Waals surface area (Å²) in [5, 5.41) is 13.7. The van der Waals surface area contributed by atoms with Crippen LogP contribution in [0.25, 0.3) is 0 Å². The van der Waals surface area contributed by atoms with E-state index < -0.39 is 4.92 Å². The van der Waals surface area contributed by atoms with Crippen molar-refractivity contribution in [3.05, 3.63) is 63.3 Å². The summed E-state index contributed by atoms with van der Waals surface area (Å²) in [4.78, 5) is 26.3. The number of nitro groups is 1. The SMILES string of the molecule is CCC(COC(=O)c1ccc(C)c(C)c1)Nc1ccc([N+](=O)[O-])cn1. The fourth-order valence-electron chi connectivity index (χ4n) is 2.18. The Labute approximate surface area is 146 Å². The summed E-state index contributed by atoms with van der Waals surface area (Å²) in [5.74, 6) is 0.125. The molecule has 1 N–H and O–H groups in total. The molecule has 0 saturated heterocycles. The number of pyridine rings is 1. The van der Waals surface area contributed by atoms with Crippen LogP contribution < -0.4 is 5.32 Å². The molecule has 1 aromatic heterocycles. The number of aryl methyl sites for hydroxylation is 2. The van der Waals surface area contributed by atoms with E-state index in [0.29, 0.717) is 17.8 Å². The maximum Gasteiger partial charge on any atom is 0.338 e. The first-order chi connectivity index (χ1) is 11.9. The van der Waals surface area contributed by atoms with Crippen molar-refractivity contribution in [2.24, 2.45) is 0 Å². The van der Waals surface area contributed by atoms with Crippen molar-refractivity contribution in [1.82, 2.24) is 4.98 Å². The van der Waals surface area contributed by atoms with Gasteiger partial charge in [-0.25, -0.2) is 9.78 Å². The number of ether oxygens (including phenoxy) is 1. The molecule has 2 aromatic rings. The van der Waals surface area contributed by atoms with Crippen LogP contribution in [-0.2, 0) is 4.74 Å². The van der Waals surface area contributed by atoms with Crippen LogP contribution in [0.15, 0.2) is 36.5 Å². The van der Waals surface area contributed by atoms with Gasteiger partial charge in [0.25, 0.3) is 5.69 Å². The minimum absolute atomic E-state index is 0.0697. The van der Waals surface area contributed by atoms with Crippen molar-refractivity contribution in [2.75, 3.05) is 11.9 Å². The average molecular weight is 343 g/mol. The monoisotopic (exact) mass is 343 g/mol. The maximum absolute atomic E-state index is 12.2. The summed E-state index contributed by atoms with van der Waals surface area (Å²) in [6.07, 6.45) is 1.90. The van der Waals surface area contributed by atoms with E-state index in [1.54, 1.807) is 6.07 Å². The molecule has 0 radical (unpaired) electrons. The van der Waals surface area contributed by atoms with E-state index in [1.165, 1.54) is 18.3 Å². The van der Waals surface area contributed by atoms with Crippen LogP contribution in [-0.4, -0.2) is 28.5 Å². The lowest BCUT2D eigenvalue weighted by molar-refractivity contribution is -0.385. The lowest BCUT2D eigenvalue weighted by Crippen LogP contribution is -2.26. The number of nitrogens with one attached hydrogen (secondary N) is 1. The number of hydrogen-bond acceptors (Lipinski definition) is 6. The Morgan fingerprint density at radius 3 is 2.60 bits per heavy atom. The molecule has 2 rings (SSSR count). The highest BCUT2D eigenvalue weighted by atomic mass is 16.6. The van der Waals surface area contributed by atoms with Gasteiger partial charge in [0.05, 0.1) is 16.5 Å². The van der Waals surface area contributed by atoms with Crippen molar-refractivity contribution in [3.63, 3.8) is 0 Å². The number of benzene rings is 1. The van der Waals surface area contributed by atoms with E-state index in [2.05, 4.69) is 10.3 Å². The molecule has 7 nitrogen and oxygen atoms in total. The number of nitrogens with zero attached hydrogens (tertiary/aromatic N) is 2. The molecule has 25 heavy (non-hydrogen) atoms. The Balaban J connectivity index is 1.93. The van der Waals surface area contributed by atoms with Crippen LogP contribution in [0, 0.1) is 24.0 Å². The highest BCUT2D eigenvalue weighted by molar-refractivity contribution is 5.89. The highest BCUT2D eigenvalue weighted by Crippen LogP contribution is 2.14. The molecule has 1 heterocycles. The predicted octanol–water partition coefficient (Wildman–Crippen LogP) is 3.65. The molecule has 0 amide bonds. The first-order valence-corrected chi connectivity index (χ1v) is 8.02. The number of hydrogen-bond donors (Lipinski definition) is 1. The molecule has 0 saturated carbocycles. The smallest absolute Gasteiger partial charge is 0.338 e. The number of carbonyl (C=O) groups excluding carboxylic acids is 1. The number of rotatable bonds is 7. The molecule has 1 atom stereocenters. The first-order valence-electron chi connectivity index (χ1n) is 8.02. The van der Waals surface area contributed by atoms with E-state index >= 15 is 0 Å². The normalized spacial score (nSPS) is 11.6. The van der Waals surface area contributed by atoms with Crippen LogP contribution >= 0.6 is 0 Å². The molecule has 0 fully saturated rings. The molecule has 1 unspecified atom stereocenters. The molecule has 0 aliphatic rings. The Morgan fingerprint density at radius 2 is 2.04 bits per heavy atom. The average Bonchev–Trinajstić information content (AvgIpc) is 2.61. The van der Waals surface area contributed by atoms with Gasteiger partial charge in [0.1, 0.15) is 18.6 Å². The second-order valence-electron chi connectivity index (χ2n) is 5.81. The van der Waals surface area contributed by atoms with Gasteiger partial charge in [-0.15, -0.1) is 0 Å². The minimum Gasteiger partial charge on any atom is -0.460 e. The quantitative estimate of drug-likeness (QED) is 0.468. The standard InChI is InChI=1S/C18H21N3O4/c1-4-15(20-17-8-7-16(10-19-17)21(23)24)11-25-18(22)14-6-5-12(2)13(3)9-14/h5-10,15H,4,11H2,1-3H3,(H,19,20). The van der Waals surface area contributed by atoms with Crippen LogP contribution in [0.5, 0.6) is 0 Å². The van der Waals surface area contributed by atoms with Gasteiger partial charge in [-0.1, -0.05) is 13.0 Å². The van der Waals surface area contributed by atoms with Gasteiger partial charge in [0, 0.05) is 6.07 Å². The zero-order valence-electron chi connectivity index (χ0n) is 14.5. The summed E-state index contributed by atoms with van der Waals surface area (Å²) in [7, 11) is 0. The molecule has 7 heteroatoms. The molecular formula is C18H21N3O4. The zero-order chi connectivity index (χ0) is 18.4. The van der Waals surface area contributed by atoms with Gasteiger partial charge in [0.2, 0.25) is 0 Å². The van der Waals surface area contributed by atoms with Crippen molar-refractivity contribution in [1.29, 1.82) is 0 Å². The first kappa shape index (κ1) is 18.4. The van der Waals surface area contributed by atoms with E-state index in [1.807, 2.05) is 32.9 Å². The summed E-state index contributed by atoms with van der Waals surface area (Å²) in [5.41, 5.74) is 2.61. The maximum atomic E-state index is 12.2. The van der Waals surface area contributed by atoms with E-state index in [9.17, 15) is 14.9 Å². The minimum atomic E-state index is -0.501. The third-order valence-corrected chi connectivity index (χ3v) is 3.96. The third kappa shape index (κ3) is 5.00. The second kappa shape index (κ2) is 8.23. The Morgan fingerprint density at radius 1 is 1.28 bits per heavy atom. The molecule has 0 spiro atoms. The second-order valence-corrected chi connectivity index (χ2v) is 5.81. The Hall–Kier alpha value is -2.96. The van der Waals surface area contributed by atoms with Crippen molar-refractivity contribution in [3.8, 4) is 0 Å². The molecule has 132 valence electrons. The number of esters is 1. The molecule has 0 aliphatic carbocycles. The van der Waals surface area contributed by atoms with Crippen LogP contribution in [0.2, 0.25) is 0 Å². The van der Waals surface area contributed by atoms with Crippen molar-refractivity contribution < 1.29 is 14.5 Å². The largest absolute Gasteiger partial charge is 0.460 e. The van der Waals surface area contributed by atoms with Gasteiger partial charge >= 0.3 is 5.97 Å². The predicted molar refractivity (Wildman–Crippen MR) is 94.8 cm³/mol. The van der Waals surface area contributed by atoms with Crippen molar-refractivity contribution >= 4 is 17.5 Å².